The Morgan fingerprint density at radius 3 is 2.85 bits per heavy atom. The fourth-order valence-corrected chi connectivity index (χ4v) is 1.95. The summed E-state index contributed by atoms with van der Waals surface area (Å²) in [4.78, 5) is 11.4. The maximum Gasteiger partial charge on any atom is 0.159 e. The van der Waals surface area contributed by atoms with E-state index in [9.17, 15) is 0 Å². The number of rotatable bonds is 5. The molecule has 0 amide bonds. The van der Waals surface area contributed by atoms with Gasteiger partial charge in [0.1, 0.15) is 10.7 Å². The third-order valence-electron chi connectivity index (χ3n) is 2.77. The Balaban J connectivity index is 1.88. The van der Waals surface area contributed by atoms with E-state index < -0.39 is 0 Å². The molecule has 1 aliphatic heterocycles. The SMILES string of the molecule is CN(C)Nc1cncc(C(=S)NCN2CCOCC2)n1. The van der Waals surface area contributed by atoms with Crippen LogP contribution in [0.1, 0.15) is 5.69 Å². The predicted octanol–water partition coefficient (Wildman–Crippen LogP) is -0.0801. The summed E-state index contributed by atoms with van der Waals surface area (Å²) in [5.41, 5.74) is 3.72. The minimum atomic E-state index is 0.603. The summed E-state index contributed by atoms with van der Waals surface area (Å²) in [6, 6.07) is 0. The smallest absolute Gasteiger partial charge is 0.159 e. The van der Waals surface area contributed by atoms with Crippen LogP contribution in [0.4, 0.5) is 5.82 Å². The van der Waals surface area contributed by atoms with Crippen molar-refractivity contribution in [3.63, 3.8) is 0 Å². The maximum absolute atomic E-state index is 5.35. The zero-order chi connectivity index (χ0) is 14.4. The molecule has 2 heterocycles. The quantitative estimate of drug-likeness (QED) is 0.578. The van der Waals surface area contributed by atoms with E-state index in [0.29, 0.717) is 23.2 Å². The number of ether oxygens (including phenoxy) is 1. The third-order valence-corrected chi connectivity index (χ3v) is 3.13. The Labute approximate surface area is 124 Å². The fraction of sp³-hybridized carbons (Fsp3) is 0.583. The summed E-state index contributed by atoms with van der Waals surface area (Å²) in [6.07, 6.45) is 3.32. The third kappa shape index (κ3) is 4.64. The maximum atomic E-state index is 5.35. The van der Waals surface area contributed by atoms with Crippen molar-refractivity contribution in [3.05, 3.63) is 18.1 Å². The molecule has 0 aliphatic carbocycles. The predicted molar refractivity (Wildman–Crippen MR) is 81.4 cm³/mol. The molecule has 2 rings (SSSR count). The highest BCUT2D eigenvalue weighted by Crippen LogP contribution is 2.03. The van der Waals surface area contributed by atoms with Crippen LogP contribution in [0.3, 0.4) is 0 Å². The highest BCUT2D eigenvalue weighted by molar-refractivity contribution is 7.80. The molecule has 0 aromatic carbocycles. The van der Waals surface area contributed by atoms with Crippen LogP contribution in [-0.2, 0) is 4.74 Å². The van der Waals surface area contributed by atoms with Crippen molar-refractivity contribution in [1.82, 2.24) is 25.2 Å². The number of aromatic nitrogens is 2. The summed E-state index contributed by atoms with van der Waals surface area (Å²) in [5.74, 6) is 0.669. The first-order chi connectivity index (χ1) is 9.65. The van der Waals surface area contributed by atoms with Crippen molar-refractivity contribution in [2.75, 3.05) is 52.5 Å². The van der Waals surface area contributed by atoms with Gasteiger partial charge in [0.2, 0.25) is 0 Å². The molecule has 110 valence electrons. The van der Waals surface area contributed by atoms with Crippen molar-refractivity contribution >= 4 is 23.0 Å². The van der Waals surface area contributed by atoms with Crippen molar-refractivity contribution in [1.29, 1.82) is 0 Å². The highest BCUT2D eigenvalue weighted by Gasteiger charge is 2.11. The van der Waals surface area contributed by atoms with Gasteiger partial charge in [0, 0.05) is 27.2 Å². The van der Waals surface area contributed by atoms with Gasteiger partial charge in [-0.3, -0.25) is 9.88 Å². The first kappa shape index (κ1) is 15.0. The molecule has 0 unspecified atom stereocenters. The molecule has 1 aromatic rings. The van der Waals surface area contributed by atoms with E-state index in [1.54, 1.807) is 17.4 Å². The number of nitrogens with zero attached hydrogens (tertiary/aromatic N) is 4. The second-order valence-electron chi connectivity index (χ2n) is 4.69. The van der Waals surface area contributed by atoms with Gasteiger partial charge in [0.05, 0.1) is 32.3 Å². The van der Waals surface area contributed by atoms with Crippen LogP contribution in [-0.4, -0.2) is 71.9 Å². The van der Waals surface area contributed by atoms with Crippen LogP contribution in [0.2, 0.25) is 0 Å². The first-order valence-electron chi connectivity index (χ1n) is 6.49. The molecule has 2 N–H and O–H groups in total. The van der Waals surface area contributed by atoms with Crippen LogP contribution >= 0.6 is 12.2 Å². The van der Waals surface area contributed by atoms with Gasteiger partial charge in [-0.25, -0.2) is 9.99 Å². The Morgan fingerprint density at radius 1 is 1.40 bits per heavy atom. The summed E-state index contributed by atoms with van der Waals surface area (Å²) in [6.45, 7) is 4.09. The second-order valence-corrected chi connectivity index (χ2v) is 5.10. The molecule has 1 fully saturated rings. The van der Waals surface area contributed by atoms with Gasteiger partial charge in [-0.15, -0.1) is 0 Å². The van der Waals surface area contributed by atoms with Crippen LogP contribution in [0.25, 0.3) is 0 Å². The lowest BCUT2D eigenvalue weighted by Crippen LogP contribution is -2.43. The molecule has 0 saturated carbocycles. The van der Waals surface area contributed by atoms with E-state index >= 15 is 0 Å². The molecule has 0 atom stereocenters. The minimum absolute atomic E-state index is 0.603. The first-order valence-corrected chi connectivity index (χ1v) is 6.90. The molecule has 7 nitrogen and oxygen atoms in total. The van der Waals surface area contributed by atoms with Crippen molar-refractivity contribution in [2.45, 2.75) is 0 Å². The normalized spacial score (nSPS) is 16.1. The number of anilines is 1. The number of hydrogen-bond acceptors (Lipinski definition) is 7. The lowest BCUT2D eigenvalue weighted by atomic mass is 10.4. The average molecular weight is 296 g/mol. The molecule has 1 aliphatic rings. The van der Waals surface area contributed by atoms with Crippen molar-refractivity contribution < 1.29 is 4.74 Å². The number of thiocarbonyl (C=S) groups is 1. The molecule has 1 saturated heterocycles. The van der Waals surface area contributed by atoms with E-state index in [1.807, 2.05) is 14.1 Å². The molecular weight excluding hydrogens is 276 g/mol. The largest absolute Gasteiger partial charge is 0.379 e. The Morgan fingerprint density at radius 2 is 2.15 bits per heavy atom. The Hall–Kier alpha value is -1.35. The van der Waals surface area contributed by atoms with E-state index in [-0.39, 0.29) is 0 Å². The number of hydrogen-bond donors (Lipinski definition) is 2. The van der Waals surface area contributed by atoms with Gasteiger partial charge in [-0.1, -0.05) is 12.2 Å². The van der Waals surface area contributed by atoms with Gasteiger partial charge in [-0.2, -0.15) is 0 Å². The average Bonchev–Trinajstić information content (AvgIpc) is 2.45. The highest BCUT2D eigenvalue weighted by atomic mass is 32.1. The zero-order valence-electron chi connectivity index (χ0n) is 11.8. The van der Waals surface area contributed by atoms with Crippen molar-refractivity contribution in [3.8, 4) is 0 Å². The van der Waals surface area contributed by atoms with Gasteiger partial charge < -0.3 is 15.5 Å². The Kier molecular flexibility index (Phi) is 5.60. The zero-order valence-corrected chi connectivity index (χ0v) is 12.6. The molecule has 0 radical (unpaired) electrons. The second kappa shape index (κ2) is 7.44. The molecule has 0 bridgehead atoms. The van der Waals surface area contributed by atoms with Gasteiger partial charge in [0.25, 0.3) is 0 Å². The number of hydrazine groups is 1. The van der Waals surface area contributed by atoms with Gasteiger partial charge in [0.15, 0.2) is 5.82 Å². The van der Waals surface area contributed by atoms with Crippen LogP contribution in [0.15, 0.2) is 12.4 Å². The lowest BCUT2D eigenvalue weighted by molar-refractivity contribution is 0.0368. The molecule has 1 aromatic heterocycles. The van der Waals surface area contributed by atoms with Crippen molar-refractivity contribution in [2.24, 2.45) is 0 Å². The van der Waals surface area contributed by atoms with Crippen LogP contribution in [0.5, 0.6) is 0 Å². The number of morpholine rings is 1. The van der Waals surface area contributed by atoms with E-state index in [4.69, 9.17) is 17.0 Å². The van der Waals surface area contributed by atoms with Gasteiger partial charge >= 0.3 is 0 Å². The van der Waals surface area contributed by atoms with E-state index in [1.165, 1.54) is 0 Å². The molecule has 8 heteroatoms. The van der Waals surface area contributed by atoms with Crippen LogP contribution in [0, 0.1) is 0 Å². The summed E-state index contributed by atoms with van der Waals surface area (Å²) in [5, 5.41) is 5.01. The molecular formula is C12H20N6OS. The van der Waals surface area contributed by atoms with Gasteiger partial charge in [-0.05, 0) is 0 Å². The summed E-state index contributed by atoms with van der Waals surface area (Å²) >= 11 is 5.35. The number of nitrogens with one attached hydrogen (secondary N) is 2. The molecule has 20 heavy (non-hydrogen) atoms. The van der Waals surface area contributed by atoms with E-state index in [2.05, 4.69) is 25.6 Å². The monoisotopic (exact) mass is 296 g/mol. The summed E-state index contributed by atoms with van der Waals surface area (Å²) < 4.78 is 5.31. The lowest BCUT2D eigenvalue weighted by Gasteiger charge is -2.27. The van der Waals surface area contributed by atoms with E-state index in [0.717, 1.165) is 26.3 Å². The van der Waals surface area contributed by atoms with Crippen LogP contribution < -0.4 is 10.7 Å². The standard InChI is InChI=1S/C12H20N6OS/c1-17(2)16-11-8-13-7-10(15-11)12(20)14-9-18-3-5-19-6-4-18/h7-8H,3-6,9H2,1-2H3,(H,14,20)(H,15,16). The topological polar surface area (TPSA) is 65.5 Å². The summed E-state index contributed by atoms with van der Waals surface area (Å²) in [7, 11) is 3.78. The Bertz CT molecular complexity index is 449. The molecule has 0 spiro atoms. The fourth-order valence-electron chi connectivity index (χ4n) is 1.79. The minimum Gasteiger partial charge on any atom is -0.379 e.